The molecule has 0 aromatic rings. The summed E-state index contributed by atoms with van der Waals surface area (Å²) in [5.41, 5.74) is 0. The average Bonchev–Trinajstić information content (AvgIpc) is 0.909. The number of carbonyl (C=O) groups excluding carboxylic acids is 4. The highest BCUT2D eigenvalue weighted by molar-refractivity contribution is 7.47. The Morgan fingerprint density at radius 2 is 0.491 bits per heavy atom. The number of rotatable bonds is 78. The van der Waals surface area contributed by atoms with E-state index in [1.54, 1.807) is 0 Å². The van der Waals surface area contributed by atoms with Crippen LogP contribution in [-0.4, -0.2) is 96.7 Å². The van der Waals surface area contributed by atoms with Crippen LogP contribution in [0.2, 0.25) is 0 Å². The van der Waals surface area contributed by atoms with Crippen molar-refractivity contribution in [3.63, 3.8) is 0 Å². The highest BCUT2D eigenvalue weighted by atomic mass is 31.2. The predicted octanol–water partition coefficient (Wildman–Crippen LogP) is 24.7. The number of ether oxygens (including phenoxy) is 4. The third-order valence-electron chi connectivity index (χ3n) is 17.4. The summed E-state index contributed by atoms with van der Waals surface area (Å²) >= 11 is 0. The second-order valence-electron chi connectivity index (χ2n) is 27.6. The number of phosphoric acid groups is 2. The number of phosphoric ester groups is 2. The summed E-state index contributed by atoms with van der Waals surface area (Å²) in [5.74, 6) is -2.21. The van der Waals surface area contributed by atoms with Gasteiger partial charge >= 0.3 is 39.5 Å². The van der Waals surface area contributed by atoms with Gasteiger partial charge in [-0.25, -0.2) is 9.13 Å². The lowest BCUT2D eigenvalue weighted by Gasteiger charge is -2.21. The zero-order valence-corrected chi connectivity index (χ0v) is 68.6. The topological polar surface area (TPSA) is 237 Å². The predicted molar refractivity (Wildman–Crippen MR) is 436 cm³/mol. The summed E-state index contributed by atoms with van der Waals surface area (Å²) in [6.45, 7) is 4.61. The maximum Gasteiger partial charge on any atom is 0.472 e. The number of hydrogen-bond donors (Lipinski definition) is 3. The van der Waals surface area contributed by atoms with E-state index in [1.165, 1.54) is 57.8 Å². The van der Waals surface area contributed by atoms with Crippen molar-refractivity contribution >= 4 is 39.5 Å². The first-order chi connectivity index (χ1) is 51.7. The second-order valence-corrected chi connectivity index (χ2v) is 30.6. The summed E-state index contributed by atoms with van der Waals surface area (Å²) in [7, 11) is -9.98. The van der Waals surface area contributed by atoms with Crippen molar-refractivity contribution in [2.24, 2.45) is 0 Å². The van der Waals surface area contributed by atoms with Gasteiger partial charge in [-0.05, 0) is 154 Å². The molecule has 0 aromatic carbocycles. The number of unbranched alkanes of at least 4 members (excludes halogenated alkanes) is 32. The monoisotopic (exact) mass is 1530 g/mol. The molecule has 0 amide bonds. The van der Waals surface area contributed by atoms with Gasteiger partial charge in [0.15, 0.2) is 12.2 Å². The van der Waals surface area contributed by atoms with Gasteiger partial charge in [0.1, 0.15) is 19.3 Å². The van der Waals surface area contributed by atoms with E-state index in [2.05, 4.69) is 149 Å². The minimum Gasteiger partial charge on any atom is -0.462 e. The van der Waals surface area contributed by atoms with Gasteiger partial charge in [0.2, 0.25) is 0 Å². The normalized spacial score (nSPS) is 14.4. The van der Waals surface area contributed by atoms with E-state index >= 15 is 0 Å². The van der Waals surface area contributed by atoms with Gasteiger partial charge in [0.25, 0.3) is 0 Å². The Balaban J connectivity index is 5.39. The first kappa shape index (κ1) is 101. The van der Waals surface area contributed by atoms with E-state index in [0.717, 1.165) is 212 Å². The molecule has 0 aliphatic rings. The van der Waals surface area contributed by atoms with Crippen LogP contribution < -0.4 is 0 Å². The van der Waals surface area contributed by atoms with Gasteiger partial charge < -0.3 is 33.8 Å². The number of aliphatic hydroxyl groups is 1. The quantitative estimate of drug-likeness (QED) is 0.0169. The molecule has 106 heavy (non-hydrogen) atoms. The average molecular weight is 1530 g/mol. The fraction of sp³-hybridized carbons (Fsp3) is 0.724. The van der Waals surface area contributed by atoms with E-state index in [9.17, 15) is 43.2 Å². The van der Waals surface area contributed by atoms with E-state index < -0.39 is 97.5 Å². The van der Waals surface area contributed by atoms with Gasteiger partial charge in [-0.1, -0.05) is 290 Å². The van der Waals surface area contributed by atoms with Crippen molar-refractivity contribution in [1.82, 2.24) is 0 Å². The van der Waals surface area contributed by atoms with Crippen LogP contribution in [0.4, 0.5) is 0 Å². The Morgan fingerprint density at radius 3 is 0.783 bits per heavy atom. The Kier molecular flexibility index (Phi) is 75.2. The highest BCUT2D eigenvalue weighted by Crippen LogP contribution is 2.45. The molecule has 0 saturated heterocycles. The van der Waals surface area contributed by atoms with E-state index in [1.807, 2.05) is 0 Å². The maximum atomic E-state index is 13.1. The Bertz CT molecular complexity index is 2480. The Hall–Kier alpha value is -4.54. The lowest BCUT2D eigenvalue weighted by Crippen LogP contribution is -2.30. The Labute approximate surface area is 644 Å². The number of allylic oxidation sites excluding steroid dienone is 20. The molecule has 0 aromatic heterocycles. The summed E-state index contributed by atoms with van der Waals surface area (Å²) in [4.78, 5) is 73.2. The number of esters is 4. The van der Waals surface area contributed by atoms with Crippen molar-refractivity contribution < 1.29 is 80.2 Å². The third kappa shape index (κ3) is 77.6. The molecule has 3 N–H and O–H groups in total. The summed E-state index contributed by atoms with van der Waals surface area (Å²) < 4.78 is 68.7. The molecule has 0 fully saturated rings. The largest absolute Gasteiger partial charge is 0.472 e. The van der Waals surface area contributed by atoms with Gasteiger partial charge in [-0.2, -0.15) is 0 Å². The molecule has 5 atom stereocenters. The van der Waals surface area contributed by atoms with Crippen LogP contribution in [0.25, 0.3) is 0 Å². The van der Waals surface area contributed by atoms with Crippen molar-refractivity contribution in [3.05, 3.63) is 122 Å². The van der Waals surface area contributed by atoms with Crippen LogP contribution >= 0.6 is 15.6 Å². The molecule has 17 nitrogen and oxygen atoms in total. The molecule has 610 valence electrons. The summed E-state index contributed by atoms with van der Waals surface area (Å²) in [6, 6.07) is 0. The summed E-state index contributed by atoms with van der Waals surface area (Å²) in [5, 5.41) is 10.7. The van der Waals surface area contributed by atoms with E-state index in [0.29, 0.717) is 25.7 Å². The lowest BCUT2D eigenvalue weighted by atomic mass is 10.1. The molecule has 0 spiro atoms. The number of aliphatic hydroxyl groups excluding tert-OH is 1. The first-order valence-corrected chi connectivity index (χ1v) is 44.8. The van der Waals surface area contributed by atoms with Crippen molar-refractivity contribution in [2.75, 3.05) is 39.6 Å². The van der Waals surface area contributed by atoms with Gasteiger partial charge in [-0.15, -0.1) is 0 Å². The van der Waals surface area contributed by atoms with Crippen molar-refractivity contribution in [3.8, 4) is 0 Å². The highest BCUT2D eigenvalue weighted by Gasteiger charge is 2.30. The van der Waals surface area contributed by atoms with Crippen LogP contribution in [-0.2, 0) is 65.4 Å². The first-order valence-electron chi connectivity index (χ1n) is 41.8. The molecule has 5 unspecified atom stereocenters. The maximum absolute atomic E-state index is 13.1. The van der Waals surface area contributed by atoms with E-state index in [4.69, 9.17) is 37.0 Å². The summed E-state index contributed by atoms with van der Waals surface area (Å²) in [6.07, 6.45) is 87.3. The van der Waals surface area contributed by atoms with E-state index in [-0.39, 0.29) is 25.7 Å². The minimum absolute atomic E-state index is 0.0738. The van der Waals surface area contributed by atoms with Crippen LogP contribution in [0, 0.1) is 0 Å². The molecule has 0 bridgehead atoms. The van der Waals surface area contributed by atoms with Crippen LogP contribution in [0.1, 0.15) is 349 Å². The SMILES string of the molecule is CC/C=C\C/C=C\C/C=C\C/C=C\CCCCCCCCC(=O)OCC(COP(=O)(O)OCC(O)COP(=O)(O)OCC(COC(=O)CCCCCCCCC/C=C\C/C=C\C/C=C\CC)OC(=O)CCCCCCC/C=C\CCCCCCCC)OC(=O)CCCCCCC/C=C\C/C=C\CCCCC. The van der Waals surface area contributed by atoms with Crippen LogP contribution in [0.3, 0.4) is 0 Å². The van der Waals surface area contributed by atoms with Gasteiger partial charge in [0, 0.05) is 25.7 Å². The van der Waals surface area contributed by atoms with Crippen LogP contribution in [0.5, 0.6) is 0 Å². The fourth-order valence-corrected chi connectivity index (χ4v) is 12.7. The van der Waals surface area contributed by atoms with Crippen molar-refractivity contribution in [2.45, 2.75) is 367 Å². The molecule has 0 saturated carbocycles. The standard InChI is InChI=1S/C87H150O17P2/c1-5-9-13-17-21-25-29-33-37-39-40-42-46-48-52-56-60-64-68-72-85(90)98-78-83(104-87(92)74-70-66-62-58-54-50-44-36-32-28-24-20-16-12-8-4)80-102-106(95,96)100-76-81(88)75-99-105(93,94)101-79-82(103-86(91)73-69-65-61-57-53-49-43-35-31-27-23-19-15-11-7-3)77-97-84(89)71-67-63-59-55-51-47-45-41-38-34-30-26-22-18-14-10-6-2/h9-10,13-14,21-22,24-26,28,33-38,40,42-44,81-83,88H,5-8,11-12,15-20,23,27,29-32,39,41,45-80H2,1-4H3,(H,93,94)(H,95,96)/b13-9-,14-10-,25-21-,26-22-,28-24-,37-33-,38-34-,42-40-,43-35-,44-36-. The second kappa shape index (κ2) is 78.6. The molecule has 0 radical (unpaired) electrons. The molecule has 0 aliphatic carbocycles. The smallest absolute Gasteiger partial charge is 0.462 e. The van der Waals surface area contributed by atoms with Crippen LogP contribution in [0.15, 0.2) is 122 Å². The molecule has 0 heterocycles. The number of hydrogen-bond acceptors (Lipinski definition) is 15. The van der Waals surface area contributed by atoms with Gasteiger partial charge in [-0.3, -0.25) is 37.3 Å². The molecule has 0 rings (SSSR count). The molecule has 19 heteroatoms. The zero-order valence-electron chi connectivity index (χ0n) is 66.8. The third-order valence-corrected chi connectivity index (χ3v) is 19.3. The molecular weight excluding hydrogens is 1380 g/mol. The molecular formula is C87H150O17P2. The molecule has 0 aliphatic heterocycles. The zero-order chi connectivity index (χ0) is 77.4. The lowest BCUT2D eigenvalue weighted by molar-refractivity contribution is -0.161. The van der Waals surface area contributed by atoms with Crippen molar-refractivity contribution in [1.29, 1.82) is 0 Å². The fourth-order valence-electron chi connectivity index (χ4n) is 11.1. The minimum atomic E-state index is -4.99. The number of carbonyl (C=O) groups is 4. The Morgan fingerprint density at radius 1 is 0.274 bits per heavy atom. The van der Waals surface area contributed by atoms with Gasteiger partial charge in [0.05, 0.1) is 26.4 Å².